The molecule has 6 nitrogen and oxygen atoms in total. The Morgan fingerprint density at radius 1 is 1.06 bits per heavy atom. The standard InChI is InChI=1S/C25H26N4O2S/c1-32-21-9-7-19(8-10-21)27-23(30)22-15-25(22)11-13-28(14-12-25)24(31)18-16-26-29(17-18)20-5-3-2-4-6-20/h2-10,16-17,22H,11-15H2,1H3,(H,27,30). The van der Waals surface area contributed by atoms with Crippen LogP contribution in [0.2, 0.25) is 0 Å². The molecule has 1 unspecified atom stereocenters. The van der Waals surface area contributed by atoms with E-state index in [0.29, 0.717) is 18.7 Å². The van der Waals surface area contributed by atoms with Crippen LogP contribution in [-0.4, -0.2) is 45.8 Å². The highest BCUT2D eigenvalue weighted by atomic mass is 32.2. The normalized spacial score (nSPS) is 19.0. The molecule has 1 saturated heterocycles. The molecule has 1 N–H and O–H groups in total. The summed E-state index contributed by atoms with van der Waals surface area (Å²) in [6.45, 7) is 1.36. The van der Waals surface area contributed by atoms with E-state index in [4.69, 9.17) is 0 Å². The molecule has 7 heteroatoms. The number of benzene rings is 2. The number of carbonyl (C=O) groups excluding carboxylic acids is 2. The largest absolute Gasteiger partial charge is 0.339 e. The van der Waals surface area contributed by atoms with Crippen LogP contribution in [0.25, 0.3) is 5.69 Å². The van der Waals surface area contributed by atoms with Gasteiger partial charge in [-0.2, -0.15) is 5.10 Å². The fraction of sp³-hybridized carbons (Fsp3) is 0.320. The molecule has 32 heavy (non-hydrogen) atoms. The van der Waals surface area contributed by atoms with Crippen molar-refractivity contribution in [3.63, 3.8) is 0 Å². The number of carbonyl (C=O) groups is 2. The van der Waals surface area contributed by atoms with Gasteiger partial charge in [0.05, 0.1) is 17.4 Å². The minimum Gasteiger partial charge on any atom is -0.339 e. The lowest BCUT2D eigenvalue weighted by Crippen LogP contribution is -2.40. The predicted octanol–water partition coefficient (Wildman–Crippen LogP) is 4.48. The minimum absolute atomic E-state index is 0.0116. The van der Waals surface area contributed by atoms with E-state index >= 15 is 0 Å². The Labute approximate surface area is 192 Å². The summed E-state index contributed by atoms with van der Waals surface area (Å²) in [6.07, 6.45) is 8.11. The first kappa shape index (κ1) is 20.8. The summed E-state index contributed by atoms with van der Waals surface area (Å²) in [4.78, 5) is 28.8. The van der Waals surface area contributed by atoms with Crippen molar-refractivity contribution in [2.75, 3.05) is 24.7 Å². The molecule has 2 amide bonds. The molecule has 2 fully saturated rings. The molecule has 1 aromatic heterocycles. The molecule has 1 atom stereocenters. The van der Waals surface area contributed by atoms with Crippen LogP contribution in [0.3, 0.4) is 0 Å². The Balaban J connectivity index is 1.16. The third-order valence-corrected chi connectivity index (χ3v) is 7.50. The van der Waals surface area contributed by atoms with Gasteiger partial charge in [-0.05, 0) is 67.3 Å². The van der Waals surface area contributed by atoms with E-state index in [-0.39, 0.29) is 23.1 Å². The second-order valence-electron chi connectivity index (χ2n) is 8.64. The first-order valence-corrected chi connectivity index (χ1v) is 12.1. The summed E-state index contributed by atoms with van der Waals surface area (Å²) in [5.74, 6) is 0.157. The van der Waals surface area contributed by atoms with E-state index < -0.39 is 0 Å². The van der Waals surface area contributed by atoms with Crippen molar-refractivity contribution in [3.8, 4) is 5.69 Å². The van der Waals surface area contributed by atoms with Gasteiger partial charge < -0.3 is 10.2 Å². The molecule has 3 aromatic rings. The third kappa shape index (κ3) is 4.05. The molecule has 2 aromatic carbocycles. The van der Waals surface area contributed by atoms with Crippen LogP contribution in [0.5, 0.6) is 0 Å². The van der Waals surface area contributed by atoms with E-state index in [2.05, 4.69) is 10.4 Å². The maximum absolute atomic E-state index is 13.0. The summed E-state index contributed by atoms with van der Waals surface area (Å²) in [6, 6.07) is 17.7. The van der Waals surface area contributed by atoms with E-state index in [1.165, 1.54) is 4.90 Å². The number of thioether (sulfide) groups is 1. The fourth-order valence-corrected chi connectivity index (χ4v) is 5.08. The number of rotatable bonds is 5. The summed E-state index contributed by atoms with van der Waals surface area (Å²) in [5.41, 5.74) is 2.43. The van der Waals surface area contributed by atoms with Crippen molar-refractivity contribution in [3.05, 3.63) is 72.6 Å². The summed E-state index contributed by atoms with van der Waals surface area (Å²) >= 11 is 1.68. The van der Waals surface area contributed by atoms with Crippen molar-refractivity contribution in [2.45, 2.75) is 24.2 Å². The van der Waals surface area contributed by atoms with Gasteiger partial charge in [0, 0.05) is 35.8 Å². The summed E-state index contributed by atoms with van der Waals surface area (Å²) in [7, 11) is 0. The highest BCUT2D eigenvalue weighted by Crippen LogP contribution is 2.59. The van der Waals surface area contributed by atoms with Gasteiger partial charge in [-0.15, -0.1) is 11.8 Å². The molecule has 0 radical (unpaired) electrons. The van der Waals surface area contributed by atoms with Crippen LogP contribution in [-0.2, 0) is 4.79 Å². The van der Waals surface area contributed by atoms with Crippen LogP contribution in [0, 0.1) is 11.3 Å². The Hall–Kier alpha value is -3.06. The first-order chi connectivity index (χ1) is 15.6. The number of anilines is 1. The number of hydrogen-bond donors (Lipinski definition) is 1. The second-order valence-corrected chi connectivity index (χ2v) is 9.52. The van der Waals surface area contributed by atoms with Gasteiger partial charge >= 0.3 is 0 Å². The average molecular weight is 447 g/mol. The maximum Gasteiger partial charge on any atom is 0.257 e. The minimum atomic E-state index is 0.0116. The van der Waals surface area contributed by atoms with Gasteiger partial charge in [-0.3, -0.25) is 9.59 Å². The Kier molecular flexibility index (Phi) is 5.51. The zero-order chi connectivity index (χ0) is 22.1. The van der Waals surface area contributed by atoms with Gasteiger partial charge in [0.2, 0.25) is 5.91 Å². The Morgan fingerprint density at radius 2 is 1.78 bits per heavy atom. The number of para-hydroxylation sites is 1. The molecule has 1 spiro atoms. The van der Waals surface area contributed by atoms with Crippen molar-refractivity contribution in [1.82, 2.24) is 14.7 Å². The van der Waals surface area contributed by atoms with Crippen molar-refractivity contribution in [2.24, 2.45) is 11.3 Å². The molecule has 1 aliphatic heterocycles. The monoisotopic (exact) mass is 446 g/mol. The van der Waals surface area contributed by atoms with E-state index in [1.807, 2.05) is 65.8 Å². The number of likely N-dealkylation sites (tertiary alicyclic amines) is 1. The zero-order valence-electron chi connectivity index (χ0n) is 18.0. The molecule has 1 saturated carbocycles. The summed E-state index contributed by atoms with van der Waals surface area (Å²) < 4.78 is 1.73. The van der Waals surface area contributed by atoms with E-state index in [1.54, 1.807) is 28.8 Å². The fourth-order valence-electron chi connectivity index (χ4n) is 4.67. The number of aromatic nitrogens is 2. The van der Waals surface area contributed by atoms with Crippen molar-refractivity contribution < 1.29 is 9.59 Å². The average Bonchev–Trinajstić information content (AvgIpc) is 3.30. The van der Waals surface area contributed by atoms with Crippen LogP contribution < -0.4 is 5.32 Å². The van der Waals surface area contributed by atoms with Gasteiger partial charge in [-0.25, -0.2) is 4.68 Å². The van der Waals surface area contributed by atoms with Crippen LogP contribution in [0.1, 0.15) is 29.6 Å². The quantitative estimate of drug-likeness (QED) is 0.587. The number of piperidine rings is 1. The molecule has 0 bridgehead atoms. The Morgan fingerprint density at radius 3 is 2.47 bits per heavy atom. The van der Waals surface area contributed by atoms with E-state index in [0.717, 1.165) is 30.6 Å². The molecule has 5 rings (SSSR count). The van der Waals surface area contributed by atoms with Gasteiger partial charge in [-0.1, -0.05) is 18.2 Å². The second kappa shape index (κ2) is 8.47. The third-order valence-electron chi connectivity index (χ3n) is 6.76. The summed E-state index contributed by atoms with van der Waals surface area (Å²) in [5, 5.41) is 7.41. The highest BCUT2D eigenvalue weighted by molar-refractivity contribution is 7.98. The molecule has 2 heterocycles. The molecule has 1 aliphatic carbocycles. The van der Waals surface area contributed by atoms with Crippen molar-refractivity contribution >= 4 is 29.3 Å². The highest BCUT2D eigenvalue weighted by Gasteiger charge is 2.58. The lowest BCUT2D eigenvalue weighted by atomic mass is 9.90. The van der Waals surface area contributed by atoms with E-state index in [9.17, 15) is 9.59 Å². The molecule has 164 valence electrons. The number of nitrogens with one attached hydrogen (secondary N) is 1. The molecular formula is C25H26N4O2S. The van der Waals surface area contributed by atoms with Crippen molar-refractivity contribution in [1.29, 1.82) is 0 Å². The lowest BCUT2D eigenvalue weighted by molar-refractivity contribution is -0.118. The number of hydrogen-bond acceptors (Lipinski definition) is 4. The number of amides is 2. The number of nitrogens with zero attached hydrogens (tertiary/aromatic N) is 3. The maximum atomic E-state index is 13.0. The van der Waals surface area contributed by atoms with Gasteiger partial charge in [0.25, 0.3) is 5.91 Å². The zero-order valence-corrected chi connectivity index (χ0v) is 18.8. The first-order valence-electron chi connectivity index (χ1n) is 10.9. The Bertz CT molecular complexity index is 1120. The smallest absolute Gasteiger partial charge is 0.257 e. The molecular weight excluding hydrogens is 420 g/mol. The van der Waals surface area contributed by atoms with Crippen LogP contribution in [0.15, 0.2) is 71.9 Å². The van der Waals surface area contributed by atoms with Gasteiger partial charge in [0.1, 0.15) is 0 Å². The van der Waals surface area contributed by atoms with Gasteiger partial charge in [0.15, 0.2) is 0 Å². The predicted molar refractivity (Wildman–Crippen MR) is 126 cm³/mol. The van der Waals surface area contributed by atoms with Crippen LogP contribution >= 0.6 is 11.8 Å². The topological polar surface area (TPSA) is 67.2 Å². The SMILES string of the molecule is CSc1ccc(NC(=O)C2CC23CCN(C(=O)c2cnn(-c4ccccc4)c2)CC3)cc1. The van der Waals surface area contributed by atoms with Crippen LogP contribution in [0.4, 0.5) is 5.69 Å². The molecule has 2 aliphatic rings. The lowest BCUT2D eigenvalue weighted by Gasteiger charge is -2.32.